The highest BCUT2D eigenvalue weighted by atomic mass is 32.2. The molecule has 0 radical (unpaired) electrons. The van der Waals surface area contributed by atoms with Crippen molar-refractivity contribution < 1.29 is 4.79 Å². The molecule has 1 N–H and O–H groups in total. The van der Waals surface area contributed by atoms with Crippen LogP contribution in [-0.2, 0) is 6.42 Å². The molecule has 4 nitrogen and oxygen atoms in total. The molecule has 0 saturated carbocycles. The number of hydrogen-bond acceptors (Lipinski definition) is 4. The van der Waals surface area contributed by atoms with Gasteiger partial charge in [0.25, 0.3) is 0 Å². The van der Waals surface area contributed by atoms with E-state index in [0.29, 0.717) is 0 Å². The number of carbonyl (C=O) groups is 1. The number of nitrogens with zero attached hydrogens (tertiary/aromatic N) is 2. The number of thioether (sulfide) groups is 1. The van der Waals surface area contributed by atoms with E-state index in [4.69, 9.17) is 0 Å². The number of imidazole rings is 1. The number of pyridine rings is 1. The average Bonchev–Trinajstić information content (AvgIpc) is 3.24. The van der Waals surface area contributed by atoms with Crippen molar-refractivity contribution in [2.75, 3.05) is 0 Å². The molecule has 0 bridgehead atoms. The van der Waals surface area contributed by atoms with Crippen LogP contribution < -0.4 is 0 Å². The maximum Gasteiger partial charge on any atom is 0.176 e. The van der Waals surface area contributed by atoms with Gasteiger partial charge >= 0.3 is 0 Å². The molecule has 2 aromatic carbocycles. The van der Waals surface area contributed by atoms with Gasteiger partial charge in [0.1, 0.15) is 10.9 Å². The molecule has 1 atom stereocenters. The average molecular weight is 357 g/mol. The van der Waals surface area contributed by atoms with Gasteiger partial charge in [-0.2, -0.15) is 0 Å². The Morgan fingerprint density at radius 2 is 1.77 bits per heavy atom. The molecular formula is C21H15N3OS. The van der Waals surface area contributed by atoms with E-state index in [2.05, 4.69) is 15.0 Å². The van der Waals surface area contributed by atoms with Gasteiger partial charge in [-0.25, -0.2) is 9.97 Å². The standard InChI is InChI=1S/C21H15N3OS/c25-19-14-7-2-1-6-13(14)12-18(19)26-21-15(8-5-11-22-21)20-23-16-9-3-4-10-17(16)24-20/h1-11,18H,12H2,(H,23,24). The van der Waals surface area contributed by atoms with E-state index in [0.717, 1.165) is 45.0 Å². The number of aromatic nitrogens is 3. The third-order valence-electron chi connectivity index (χ3n) is 4.65. The van der Waals surface area contributed by atoms with E-state index in [1.807, 2.05) is 60.7 Å². The van der Waals surface area contributed by atoms with Gasteiger partial charge in [-0.15, -0.1) is 0 Å². The predicted octanol–water partition coefficient (Wildman–Crippen LogP) is 4.52. The number of nitrogens with one attached hydrogen (secondary N) is 1. The zero-order chi connectivity index (χ0) is 17.5. The van der Waals surface area contributed by atoms with Crippen molar-refractivity contribution in [3.63, 3.8) is 0 Å². The number of para-hydroxylation sites is 2. The second-order valence-corrected chi connectivity index (χ2v) is 7.48. The monoisotopic (exact) mass is 357 g/mol. The summed E-state index contributed by atoms with van der Waals surface area (Å²) in [5, 5.41) is 0.697. The van der Waals surface area contributed by atoms with Gasteiger partial charge in [0, 0.05) is 17.3 Å². The normalized spacial score (nSPS) is 16.2. The second-order valence-electron chi connectivity index (χ2n) is 6.29. The zero-order valence-electron chi connectivity index (χ0n) is 13.8. The van der Waals surface area contributed by atoms with Crippen molar-refractivity contribution in [2.45, 2.75) is 16.7 Å². The number of fused-ring (bicyclic) bond motifs is 2. The van der Waals surface area contributed by atoms with Gasteiger partial charge in [-0.3, -0.25) is 4.79 Å². The van der Waals surface area contributed by atoms with Crippen LogP contribution in [0, 0.1) is 0 Å². The van der Waals surface area contributed by atoms with Crippen LogP contribution in [0.1, 0.15) is 15.9 Å². The van der Waals surface area contributed by atoms with Gasteiger partial charge in [-0.1, -0.05) is 48.2 Å². The quantitative estimate of drug-likeness (QED) is 0.585. The lowest BCUT2D eigenvalue weighted by atomic mass is 10.1. The number of benzene rings is 2. The number of ketones is 1. The first-order chi connectivity index (χ1) is 12.8. The van der Waals surface area contributed by atoms with Crippen LogP contribution in [0.15, 0.2) is 71.9 Å². The molecule has 0 amide bonds. The predicted molar refractivity (Wildman–Crippen MR) is 103 cm³/mol. The van der Waals surface area contributed by atoms with E-state index >= 15 is 0 Å². The summed E-state index contributed by atoms with van der Waals surface area (Å²) in [6.45, 7) is 0. The Kier molecular flexibility index (Phi) is 3.60. The molecule has 126 valence electrons. The molecule has 0 spiro atoms. The fourth-order valence-electron chi connectivity index (χ4n) is 3.38. The highest BCUT2D eigenvalue weighted by Gasteiger charge is 2.32. The zero-order valence-corrected chi connectivity index (χ0v) is 14.7. The molecule has 2 aromatic heterocycles. The summed E-state index contributed by atoms with van der Waals surface area (Å²) in [5.74, 6) is 0.969. The minimum absolute atomic E-state index is 0.134. The van der Waals surface area contributed by atoms with Crippen LogP contribution in [0.25, 0.3) is 22.4 Å². The van der Waals surface area contributed by atoms with Gasteiger partial charge < -0.3 is 4.98 Å². The van der Waals surface area contributed by atoms with Crippen molar-refractivity contribution >= 4 is 28.6 Å². The summed E-state index contributed by atoms with van der Waals surface area (Å²) in [4.78, 5) is 25.3. The van der Waals surface area contributed by atoms with Crippen molar-refractivity contribution in [3.8, 4) is 11.4 Å². The minimum atomic E-state index is -0.134. The molecule has 1 aliphatic rings. The van der Waals surface area contributed by atoms with Crippen LogP contribution in [0.4, 0.5) is 0 Å². The van der Waals surface area contributed by atoms with Crippen molar-refractivity contribution in [1.29, 1.82) is 0 Å². The lowest BCUT2D eigenvalue weighted by molar-refractivity contribution is 0.1000. The van der Waals surface area contributed by atoms with Crippen LogP contribution in [0.5, 0.6) is 0 Å². The maximum absolute atomic E-state index is 12.7. The Bertz CT molecular complexity index is 1100. The highest BCUT2D eigenvalue weighted by molar-refractivity contribution is 8.00. The van der Waals surface area contributed by atoms with Crippen LogP contribution in [0.3, 0.4) is 0 Å². The van der Waals surface area contributed by atoms with Gasteiger partial charge in [0.05, 0.1) is 16.3 Å². The molecule has 4 aromatic rings. The first-order valence-electron chi connectivity index (χ1n) is 8.48. The minimum Gasteiger partial charge on any atom is -0.338 e. The van der Waals surface area contributed by atoms with E-state index < -0.39 is 0 Å². The molecule has 1 unspecified atom stereocenters. The lowest BCUT2D eigenvalue weighted by Crippen LogP contribution is -2.11. The van der Waals surface area contributed by atoms with Crippen LogP contribution in [0.2, 0.25) is 0 Å². The van der Waals surface area contributed by atoms with Crippen LogP contribution in [-0.4, -0.2) is 26.0 Å². The summed E-state index contributed by atoms with van der Waals surface area (Å²) >= 11 is 1.53. The number of Topliss-reactive ketones (excluding diaryl/α,β-unsaturated/α-hetero) is 1. The summed E-state index contributed by atoms with van der Waals surface area (Å²) in [6.07, 6.45) is 2.51. The fourth-order valence-corrected chi connectivity index (χ4v) is 4.56. The number of aromatic amines is 1. The SMILES string of the molecule is O=C1c2ccccc2CC1Sc1ncccc1-c1nc2ccccc2[nH]1. The third-order valence-corrected chi connectivity index (χ3v) is 5.86. The molecule has 5 rings (SSSR count). The molecule has 0 fully saturated rings. The third kappa shape index (κ3) is 2.52. The van der Waals surface area contributed by atoms with Crippen molar-refractivity contribution in [1.82, 2.24) is 15.0 Å². The van der Waals surface area contributed by atoms with Gasteiger partial charge in [-0.05, 0) is 36.2 Å². The smallest absolute Gasteiger partial charge is 0.176 e. The van der Waals surface area contributed by atoms with E-state index in [1.165, 1.54) is 11.8 Å². The Balaban J connectivity index is 1.51. The molecule has 0 saturated heterocycles. The summed E-state index contributed by atoms with van der Waals surface area (Å²) < 4.78 is 0. The van der Waals surface area contributed by atoms with E-state index in [1.54, 1.807) is 6.20 Å². The molecular weight excluding hydrogens is 342 g/mol. The first-order valence-corrected chi connectivity index (χ1v) is 9.36. The van der Waals surface area contributed by atoms with Gasteiger partial charge in [0.15, 0.2) is 5.78 Å². The highest BCUT2D eigenvalue weighted by Crippen LogP contribution is 2.37. The molecule has 26 heavy (non-hydrogen) atoms. The Morgan fingerprint density at radius 3 is 2.65 bits per heavy atom. The Morgan fingerprint density at radius 1 is 0.962 bits per heavy atom. The summed E-state index contributed by atoms with van der Waals surface area (Å²) in [5.41, 5.74) is 4.80. The Labute approximate surface area is 154 Å². The van der Waals surface area contributed by atoms with Crippen molar-refractivity contribution in [3.05, 3.63) is 78.0 Å². The Hall–Kier alpha value is -2.92. The molecule has 2 heterocycles. The fraction of sp³-hybridized carbons (Fsp3) is 0.0952. The topological polar surface area (TPSA) is 58.6 Å². The second kappa shape index (κ2) is 6.11. The summed E-state index contributed by atoms with van der Waals surface area (Å²) in [6, 6.07) is 19.7. The lowest BCUT2D eigenvalue weighted by Gasteiger charge is -2.10. The first kappa shape index (κ1) is 15.3. The maximum atomic E-state index is 12.7. The van der Waals surface area contributed by atoms with E-state index in [-0.39, 0.29) is 11.0 Å². The molecule has 0 aliphatic heterocycles. The van der Waals surface area contributed by atoms with Crippen molar-refractivity contribution in [2.24, 2.45) is 0 Å². The molecule has 5 heteroatoms. The molecule has 1 aliphatic carbocycles. The number of rotatable bonds is 3. The largest absolute Gasteiger partial charge is 0.338 e. The summed E-state index contributed by atoms with van der Waals surface area (Å²) in [7, 11) is 0. The number of hydrogen-bond donors (Lipinski definition) is 1. The number of H-pyrrole nitrogens is 1. The van der Waals surface area contributed by atoms with Gasteiger partial charge in [0.2, 0.25) is 0 Å². The van der Waals surface area contributed by atoms with Crippen LogP contribution >= 0.6 is 11.8 Å². The van der Waals surface area contributed by atoms with E-state index in [9.17, 15) is 4.79 Å². The number of carbonyl (C=O) groups excluding carboxylic acids is 1.